The van der Waals surface area contributed by atoms with Crippen LogP contribution in [-0.2, 0) is 6.54 Å². The summed E-state index contributed by atoms with van der Waals surface area (Å²) in [6.07, 6.45) is 4.72. The van der Waals surface area contributed by atoms with E-state index in [0.717, 1.165) is 44.5 Å². The maximum absolute atomic E-state index is 12.9. The van der Waals surface area contributed by atoms with Gasteiger partial charge in [0.05, 0.1) is 12.7 Å². The first-order chi connectivity index (χ1) is 11.8. The van der Waals surface area contributed by atoms with Gasteiger partial charge in [-0.25, -0.2) is 4.68 Å². The number of nitrogens with one attached hydrogen (secondary N) is 1. The van der Waals surface area contributed by atoms with E-state index in [1.165, 1.54) is 0 Å². The minimum absolute atomic E-state index is 0. The molecule has 1 aromatic heterocycles. The predicted octanol–water partition coefficient (Wildman–Crippen LogP) is 2.35. The van der Waals surface area contributed by atoms with Crippen LogP contribution in [0, 0.1) is 0 Å². The fourth-order valence-electron chi connectivity index (χ4n) is 3.20. The fourth-order valence-corrected chi connectivity index (χ4v) is 3.20. The van der Waals surface area contributed by atoms with Gasteiger partial charge in [0, 0.05) is 12.6 Å². The number of benzene rings is 1. The Kier molecular flexibility index (Phi) is 7.40. The first kappa shape index (κ1) is 19.4. The van der Waals surface area contributed by atoms with E-state index < -0.39 is 0 Å². The van der Waals surface area contributed by atoms with Crippen LogP contribution < -0.4 is 5.32 Å². The topological polar surface area (TPSA) is 63.1 Å². The summed E-state index contributed by atoms with van der Waals surface area (Å²) in [6, 6.07) is 10.4. The maximum Gasteiger partial charge on any atom is 0.276 e. The Hall–Kier alpha value is -1.92. The third-order valence-corrected chi connectivity index (χ3v) is 4.42. The lowest BCUT2D eigenvalue weighted by Crippen LogP contribution is -2.46. The lowest BCUT2D eigenvalue weighted by molar-refractivity contribution is 0.0636. The molecular weight excluding hydrogens is 338 g/mol. The summed E-state index contributed by atoms with van der Waals surface area (Å²) < 4.78 is 1.73. The second-order valence-electron chi connectivity index (χ2n) is 6.27. The number of carbonyl (C=O) groups excluding carboxylic acids is 1. The van der Waals surface area contributed by atoms with E-state index in [-0.39, 0.29) is 18.3 Å². The van der Waals surface area contributed by atoms with Crippen molar-refractivity contribution < 1.29 is 4.79 Å². The van der Waals surface area contributed by atoms with Gasteiger partial charge in [-0.1, -0.05) is 42.5 Å². The zero-order chi connectivity index (χ0) is 16.8. The quantitative estimate of drug-likeness (QED) is 0.855. The molecule has 1 amide bonds. The minimum Gasteiger partial charge on any atom is -0.334 e. The van der Waals surface area contributed by atoms with Crippen LogP contribution in [-0.4, -0.2) is 51.5 Å². The van der Waals surface area contributed by atoms with Crippen LogP contribution in [0.2, 0.25) is 0 Å². The van der Waals surface area contributed by atoms with Gasteiger partial charge in [-0.2, -0.15) is 0 Å². The van der Waals surface area contributed by atoms with Crippen LogP contribution in [0.5, 0.6) is 0 Å². The van der Waals surface area contributed by atoms with Crippen molar-refractivity contribution in [2.45, 2.75) is 38.8 Å². The van der Waals surface area contributed by atoms with Crippen LogP contribution in [0.1, 0.15) is 42.2 Å². The Morgan fingerprint density at radius 1 is 1.28 bits per heavy atom. The van der Waals surface area contributed by atoms with Crippen molar-refractivity contribution in [3.05, 3.63) is 47.8 Å². The first-order valence-electron chi connectivity index (χ1n) is 8.73. The fraction of sp³-hybridized carbons (Fsp3) is 0.500. The molecule has 2 aromatic rings. The molecule has 2 heterocycles. The van der Waals surface area contributed by atoms with E-state index in [1.54, 1.807) is 10.9 Å². The van der Waals surface area contributed by atoms with Gasteiger partial charge in [-0.3, -0.25) is 4.79 Å². The summed E-state index contributed by atoms with van der Waals surface area (Å²) in [5.74, 6) is 0.00283. The van der Waals surface area contributed by atoms with Crippen molar-refractivity contribution in [2.75, 3.05) is 19.6 Å². The standard InChI is InChI=1S/C18H25N5O.ClH/c1-2-12-23(16-8-10-19-11-9-16)18(24)17-14-22(21-20-17)13-15-6-4-3-5-7-15;/h3-7,14,16,19H,2,8-13H2,1H3;1H. The number of hydrogen-bond acceptors (Lipinski definition) is 4. The molecule has 1 aromatic carbocycles. The van der Waals surface area contributed by atoms with Gasteiger partial charge < -0.3 is 10.2 Å². The molecule has 136 valence electrons. The first-order valence-corrected chi connectivity index (χ1v) is 8.73. The number of carbonyl (C=O) groups is 1. The van der Waals surface area contributed by atoms with Crippen molar-refractivity contribution >= 4 is 18.3 Å². The van der Waals surface area contributed by atoms with Gasteiger partial charge in [-0.05, 0) is 37.9 Å². The normalized spacial score (nSPS) is 14.8. The Morgan fingerprint density at radius 2 is 2.00 bits per heavy atom. The zero-order valence-corrected chi connectivity index (χ0v) is 15.4. The number of nitrogens with zero attached hydrogens (tertiary/aromatic N) is 4. The van der Waals surface area contributed by atoms with E-state index >= 15 is 0 Å². The molecule has 1 aliphatic heterocycles. The van der Waals surface area contributed by atoms with Gasteiger partial charge in [0.15, 0.2) is 5.69 Å². The molecule has 0 saturated carbocycles. The Labute approximate surface area is 155 Å². The highest BCUT2D eigenvalue weighted by atomic mass is 35.5. The third kappa shape index (κ3) is 5.03. The molecule has 1 saturated heterocycles. The van der Waals surface area contributed by atoms with E-state index in [1.807, 2.05) is 35.2 Å². The van der Waals surface area contributed by atoms with Gasteiger partial charge in [-0.15, -0.1) is 17.5 Å². The van der Waals surface area contributed by atoms with Crippen molar-refractivity contribution in [1.29, 1.82) is 0 Å². The maximum atomic E-state index is 12.9. The molecule has 0 bridgehead atoms. The van der Waals surface area contributed by atoms with Crippen molar-refractivity contribution in [2.24, 2.45) is 0 Å². The molecule has 0 atom stereocenters. The molecule has 7 heteroatoms. The molecular formula is C18H26ClN5O. The Balaban J connectivity index is 0.00000225. The highest BCUT2D eigenvalue weighted by molar-refractivity contribution is 5.92. The predicted molar refractivity (Wildman–Crippen MR) is 100 cm³/mol. The summed E-state index contributed by atoms with van der Waals surface area (Å²) >= 11 is 0. The van der Waals surface area contributed by atoms with Crippen molar-refractivity contribution in [3.8, 4) is 0 Å². The number of aromatic nitrogens is 3. The average molecular weight is 364 g/mol. The Bertz CT molecular complexity index is 654. The molecule has 0 radical (unpaired) electrons. The summed E-state index contributed by atoms with van der Waals surface area (Å²) in [5.41, 5.74) is 1.59. The summed E-state index contributed by atoms with van der Waals surface area (Å²) in [5, 5.41) is 11.6. The zero-order valence-electron chi connectivity index (χ0n) is 14.6. The average Bonchev–Trinajstić information content (AvgIpc) is 3.09. The second kappa shape index (κ2) is 9.53. The second-order valence-corrected chi connectivity index (χ2v) is 6.27. The van der Waals surface area contributed by atoms with Gasteiger partial charge in [0.1, 0.15) is 0 Å². The van der Waals surface area contributed by atoms with Crippen LogP contribution in [0.3, 0.4) is 0 Å². The SMILES string of the molecule is CCCN(C(=O)c1cn(Cc2ccccc2)nn1)C1CCNCC1.Cl. The molecule has 6 nitrogen and oxygen atoms in total. The smallest absolute Gasteiger partial charge is 0.276 e. The number of amides is 1. The number of halogens is 1. The van der Waals surface area contributed by atoms with Crippen LogP contribution in [0.4, 0.5) is 0 Å². The molecule has 0 unspecified atom stereocenters. The number of rotatable bonds is 6. The molecule has 0 aliphatic carbocycles. The molecule has 0 spiro atoms. The van der Waals surface area contributed by atoms with Crippen LogP contribution >= 0.6 is 12.4 Å². The molecule has 1 aliphatic rings. The van der Waals surface area contributed by atoms with Crippen LogP contribution in [0.25, 0.3) is 0 Å². The molecule has 1 N–H and O–H groups in total. The van der Waals surface area contributed by atoms with E-state index in [4.69, 9.17) is 0 Å². The number of piperidine rings is 1. The molecule has 25 heavy (non-hydrogen) atoms. The largest absolute Gasteiger partial charge is 0.334 e. The Morgan fingerprint density at radius 3 is 2.68 bits per heavy atom. The number of hydrogen-bond donors (Lipinski definition) is 1. The van der Waals surface area contributed by atoms with E-state index in [9.17, 15) is 4.79 Å². The minimum atomic E-state index is 0. The van der Waals surface area contributed by atoms with E-state index in [0.29, 0.717) is 18.3 Å². The van der Waals surface area contributed by atoms with E-state index in [2.05, 4.69) is 22.6 Å². The van der Waals surface area contributed by atoms with Crippen molar-refractivity contribution in [3.63, 3.8) is 0 Å². The van der Waals surface area contributed by atoms with Gasteiger partial charge >= 0.3 is 0 Å². The molecule has 3 rings (SSSR count). The monoisotopic (exact) mass is 363 g/mol. The third-order valence-electron chi connectivity index (χ3n) is 4.42. The van der Waals surface area contributed by atoms with Gasteiger partial charge in [0.2, 0.25) is 0 Å². The summed E-state index contributed by atoms with van der Waals surface area (Å²) in [6.45, 7) is 5.45. The molecule has 1 fully saturated rings. The summed E-state index contributed by atoms with van der Waals surface area (Å²) in [7, 11) is 0. The van der Waals surface area contributed by atoms with Gasteiger partial charge in [0.25, 0.3) is 5.91 Å². The van der Waals surface area contributed by atoms with Crippen LogP contribution in [0.15, 0.2) is 36.5 Å². The van der Waals surface area contributed by atoms with Crippen molar-refractivity contribution in [1.82, 2.24) is 25.2 Å². The highest BCUT2D eigenvalue weighted by Crippen LogP contribution is 2.15. The lowest BCUT2D eigenvalue weighted by atomic mass is 10.0. The summed E-state index contributed by atoms with van der Waals surface area (Å²) in [4.78, 5) is 14.9. The lowest BCUT2D eigenvalue weighted by Gasteiger charge is -2.34. The highest BCUT2D eigenvalue weighted by Gasteiger charge is 2.27.